The summed E-state index contributed by atoms with van der Waals surface area (Å²) < 4.78 is 28.0. The summed E-state index contributed by atoms with van der Waals surface area (Å²) in [5, 5.41) is 0. The largest absolute Gasteiger partial charge is 0.462 e. The molecule has 0 fully saturated rings. The van der Waals surface area contributed by atoms with Gasteiger partial charge in [-0.2, -0.15) is 0 Å². The van der Waals surface area contributed by atoms with Gasteiger partial charge in [0.1, 0.15) is 0 Å². The van der Waals surface area contributed by atoms with Gasteiger partial charge < -0.3 is 13.8 Å². The van der Waals surface area contributed by atoms with E-state index in [0.29, 0.717) is 25.4 Å². The van der Waals surface area contributed by atoms with E-state index in [0.717, 1.165) is 11.1 Å². The van der Waals surface area contributed by atoms with Crippen molar-refractivity contribution in [2.75, 3.05) is 26.0 Å². The van der Waals surface area contributed by atoms with Crippen molar-refractivity contribution in [1.82, 2.24) is 0 Å². The molecule has 0 saturated heterocycles. The summed E-state index contributed by atoms with van der Waals surface area (Å²) in [4.78, 5) is 11.6. The summed E-state index contributed by atoms with van der Waals surface area (Å²) in [5.41, 5.74) is 2.31. The van der Waals surface area contributed by atoms with Crippen molar-refractivity contribution in [3.63, 3.8) is 0 Å². The Bertz CT molecular complexity index is 567. The maximum atomic E-state index is 12.5. The van der Waals surface area contributed by atoms with Gasteiger partial charge in [-0.1, -0.05) is 23.8 Å². The molecule has 0 bridgehead atoms. The van der Waals surface area contributed by atoms with E-state index < -0.39 is 7.60 Å². The molecule has 1 aromatic rings. The van der Waals surface area contributed by atoms with E-state index in [-0.39, 0.29) is 12.1 Å². The van der Waals surface area contributed by atoms with Crippen LogP contribution in [-0.2, 0) is 18.3 Å². The van der Waals surface area contributed by atoms with Gasteiger partial charge in [0.25, 0.3) is 0 Å². The zero-order chi connectivity index (χ0) is 17.3. The molecule has 23 heavy (non-hydrogen) atoms. The number of carbonyl (C=O) groups excluding carboxylic acids is 1. The fourth-order valence-electron chi connectivity index (χ4n) is 2.09. The van der Waals surface area contributed by atoms with E-state index in [1.165, 1.54) is 0 Å². The summed E-state index contributed by atoms with van der Waals surface area (Å²) in [6, 6.07) is 7.06. The van der Waals surface area contributed by atoms with Crippen molar-refractivity contribution in [1.29, 1.82) is 0 Å². The first-order chi connectivity index (χ1) is 10.9. The molecule has 0 heterocycles. The van der Waals surface area contributed by atoms with E-state index in [4.69, 9.17) is 13.8 Å². The molecule has 0 aromatic heterocycles. The van der Waals surface area contributed by atoms with Crippen LogP contribution in [0.2, 0.25) is 0 Å². The van der Waals surface area contributed by atoms with E-state index in [1.807, 2.05) is 25.1 Å². The summed E-state index contributed by atoms with van der Waals surface area (Å²) in [6.07, 6.45) is 2.15. The van der Waals surface area contributed by atoms with E-state index in [1.54, 1.807) is 32.9 Å². The first-order valence-electron chi connectivity index (χ1n) is 7.76. The summed E-state index contributed by atoms with van der Waals surface area (Å²) in [6.45, 7) is 8.27. The number of hydrogen-bond acceptors (Lipinski definition) is 5. The molecular formula is C17H25O5P. The summed E-state index contributed by atoms with van der Waals surface area (Å²) in [7, 11) is -3.09. The third-order valence-corrected chi connectivity index (χ3v) is 5.12. The van der Waals surface area contributed by atoms with Crippen molar-refractivity contribution in [2.24, 2.45) is 0 Å². The van der Waals surface area contributed by atoms with Crippen molar-refractivity contribution in [2.45, 2.75) is 27.7 Å². The van der Waals surface area contributed by atoms with Crippen LogP contribution in [0.5, 0.6) is 0 Å². The minimum atomic E-state index is -3.09. The molecule has 1 rings (SSSR count). The molecule has 0 amide bonds. The monoisotopic (exact) mass is 340 g/mol. The number of benzene rings is 1. The van der Waals surface area contributed by atoms with Gasteiger partial charge in [0, 0.05) is 0 Å². The minimum Gasteiger partial charge on any atom is -0.462 e. The van der Waals surface area contributed by atoms with Crippen LogP contribution in [0.25, 0.3) is 6.08 Å². The molecule has 5 nitrogen and oxygen atoms in total. The molecule has 0 N–H and O–H groups in total. The van der Waals surface area contributed by atoms with Gasteiger partial charge in [-0.15, -0.1) is 0 Å². The van der Waals surface area contributed by atoms with Crippen LogP contribution in [0.15, 0.2) is 29.8 Å². The van der Waals surface area contributed by atoms with Crippen LogP contribution in [0, 0.1) is 0 Å². The Morgan fingerprint density at radius 1 is 1.04 bits per heavy atom. The topological polar surface area (TPSA) is 61.8 Å². The average molecular weight is 340 g/mol. The molecular weight excluding hydrogens is 315 g/mol. The first kappa shape index (κ1) is 19.6. The number of ether oxygens (including phenoxy) is 1. The van der Waals surface area contributed by atoms with Gasteiger partial charge >= 0.3 is 13.6 Å². The molecule has 1 aromatic carbocycles. The predicted molar refractivity (Wildman–Crippen MR) is 91.8 cm³/mol. The normalized spacial score (nSPS) is 12.3. The van der Waals surface area contributed by atoms with Crippen molar-refractivity contribution in [3.05, 3.63) is 41.0 Å². The Morgan fingerprint density at radius 3 is 2.09 bits per heavy atom. The fourth-order valence-corrected chi connectivity index (χ4v) is 3.83. The van der Waals surface area contributed by atoms with Crippen LogP contribution >= 0.6 is 7.60 Å². The van der Waals surface area contributed by atoms with Crippen LogP contribution in [0.3, 0.4) is 0 Å². The lowest BCUT2D eigenvalue weighted by molar-refractivity contribution is 0.0526. The SMILES string of the molecule is CCOC(=O)c1ccc(C=C(C)CP(=O)(OCC)OCC)cc1. The molecule has 0 atom stereocenters. The maximum Gasteiger partial charge on any atom is 0.338 e. The van der Waals surface area contributed by atoms with E-state index >= 15 is 0 Å². The van der Waals surface area contributed by atoms with Gasteiger partial charge in [-0.3, -0.25) is 4.57 Å². The Morgan fingerprint density at radius 2 is 1.61 bits per heavy atom. The molecule has 0 spiro atoms. The lowest BCUT2D eigenvalue weighted by atomic mass is 10.1. The number of esters is 1. The van der Waals surface area contributed by atoms with Gasteiger partial charge in [0.2, 0.25) is 0 Å². The summed E-state index contributed by atoms with van der Waals surface area (Å²) in [5.74, 6) is -0.336. The second kappa shape index (κ2) is 9.66. The Balaban J connectivity index is 2.81. The second-order valence-corrected chi connectivity index (χ2v) is 6.99. The van der Waals surface area contributed by atoms with Gasteiger partial charge in [-0.25, -0.2) is 4.79 Å². The first-order valence-corrected chi connectivity index (χ1v) is 9.49. The Hall–Kier alpha value is -1.42. The predicted octanol–water partition coefficient (Wildman–Crippen LogP) is 4.53. The van der Waals surface area contributed by atoms with Crippen LogP contribution in [-0.4, -0.2) is 32.0 Å². The number of allylic oxidation sites excluding steroid dienone is 1. The highest BCUT2D eigenvalue weighted by Gasteiger charge is 2.23. The second-order valence-electron chi connectivity index (χ2n) is 4.94. The van der Waals surface area contributed by atoms with Crippen molar-refractivity contribution in [3.8, 4) is 0 Å². The van der Waals surface area contributed by atoms with Gasteiger partial charge in [0.05, 0.1) is 31.5 Å². The lowest BCUT2D eigenvalue weighted by Crippen LogP contribution is -2.04. The van der Waals surface area contributed by atoms with Crippen LogP contribution in [0.4, 0.5) is 0 Å². The highest BCUT2D eigenvalue weighted by atomic mass is 31.2. The zero-order valence-corrected chi connectivity index (χ0v) is 15.1. The molecule has 0 radical (unpaired) electrons. The zero-order valence-electron chi connectivity index (χ0n) is 14.2. The Labute approximate surface area is 138 Å². The van der Waals surface area contributed by atoms with Gasteiger partial charge in [-0.05, 0) is 45.4 Å². The number of carbonyl (C=O) groups is 1. The standard InChI is InChI=1S/C17H25O5P/c1-5-20-17(18)16-10-8-15(9-11-16)12-14(4)13-23(19,21-6-2)22-7-3/h8-12H,5-7,13H2,1-4H3. The Kier molecular flexibility index (Phi) is 8.24. The molecule has 0 aliphatic rings. The lowest BCUT2D eigenvalue weighted by Gasteiger charge is -2.17. The molecule has 6 heteroatoms. The molecule has 0 saturated carbocycles. The summed E-state index contributed by atoms with van der Waals surface area (Å²) >= 11 is 0. The molecule has 128 valence electrons. The molecule has 0 aliphatic carbocycles. The van der Waals surface area contributed by atoms with Crippen LogP contribution in [0.1, 0.15) is 43.6 Å². The third kappa shape index (κ3) is 6.69. The molecule has 0 aliphatic heterocycles. The van der Waals surface area contributed by atoms with E-state index in [9.17, 15) is 9.36 Å². The van der Waals surface area contributed by atoms with E-state index in [2.05, 4.69) is 0 Å². The minimum absolute atomic E-state index is 0.244. The average Bonchev–Trinajstić information content (AvgIpc) is 2.48. The fraction of sp³-hybridized carbons (Fsp3) is 0.471. The quantitative estimate of drug-likeness (QED) is 0.488. The van der Waals surface area contributed by atoms with Crippen molar-refractivity contribution < 1.29 is 23.1 Å². The third-order valence-electron chi connectivity index (χ3n) is 2.93. The number of hydrogen-bond donors (Lipinski definition) is 0. The maximum absolute atomic E-state index is 12.5. The smallest absolute Gasteiger partial charge is 0.338 e. The van der Waals surface area contributed by atoms with Crippen molar-refractivity contribution >= 4 is 19.6 Å². The number of rotatable bonds is 9. The van der Waals surface area contributed by atoms with Gasteiger partial charge in [0.15, 0.2) is 0 Å². The highest BCUT2D eigenvalue weighted by molar-refractivity contribution is 7.54. The molecule has 0 unspecified atom stereocenters. The highest BCUT2D eigenvalue weighted by Crippen LogP contribution is 2.49. The van der Waals surface area contributed by atoms with Crippen LogP contribution < -0.4 is 0 Å².